The van der Waals surface area contributed by atoms with Gasteiger partial charge in [0.15, 0.2) is 11.5 Å². The maximum Gasteiger partial charge on any atom is 0.291 e. The highest BCUT2D eigenvalue weighted by Crippen LogP contribution is 2.20. The predicted octanol–water partition coefficient (Wildman–Crippen LogP) is 3.59. The number of pyridine rings is 1. The molecule has 0 atom stereocenters. The van der Waals surface area contributed by atoms with Crippen molar-refractivity contribution >= 4 is 11.6 Å². The molecule has 1 N–H and O–H groups in total. The zero-order valence-corrected chi connectivity index (χ0v) is 10.6. The van der Waals surface area contributed by atoms with Crippen molar-refractivity contribution in [2.75, 3.05) is 5.32 Å². The highest BCUT2D eigenvalue weighted by molar-refractivity contribution is 6.02. The highest BCUT2D eigenvalue weighted by Gasteiger charge is 2.12. The number of aromatic nitrogens is 1. The van der Waals surface area contributed by atoms with E-state index in [-0.39, 0.29) is 11.7 Å². The van der Waals surface area contributed by atoms with Gasteiger partial charge in [0.05, 0.1) is 0 Å². The van der Waals surface area contributed by atoms with Crippen LogP contribution >= 0.6 is 0 Å². The summed E-state index contributed by atoms with van der Waals surface area (Å²) in [6.45, 7) is 0. The molecule has 4 heteroatoms. The van der Waals surface area contributed by atoms with Crippen molar-refractivity contribution in [1.29, 1.82) is 0 Å². The first-order valence-corrected chi connectivity index (χ1v) is 6.20. The molecule has 0 spiro atoms. The quantitative estimate of drug-likeness (QED) is 0.786. The second-order valence-electron chi connectivity index (χ2n) is 4.20. The van der Waals surface area contributed by atoms with Crippen molar-refractivity contribution in [3.8, 4) is 11.5 Å². The third-order valence-corrected chi connectivity index (χ3v) is 2.78. The summed E-state index contributed by atoms with van der Waals surface area (Å²) in [6, 6.07) is 18.2. The summed E-state index contributed by atoms with van der Waals surface area (Å²) in [5.74, 6) is 0.552. The molecule has 0 aliphatic heterocycles. The number of benzene rings is 1. The summed E-state index contributed by atoms with van der Waals surface area (Å²) in [6.07, 6.45) is 1.68. The van der Waals surface area contributed by atoms with Crippen LogP contribution in [-0.4, -0.2) is 10.9 Å². The van der Waals surface area contributed by atoms with Gasteiger partial charge in [0, 0.05) is 11.9 Å². The summed E-state index contributed by atoms with van der Waals surface area (Å²) in [7, 11) is 0. The van der Waals surface area contributed by atoms with Gasteiger partial charge in [0.25, 0.3) is 5.91 Å². The smallest absolute Gasteiger partial charge is 0.291 e. The second kappa shape index (κ2) is 5.40. The van der Waals surface area contributed by atoms with E-state index < -0.39 is 0 Å². The van der Waals surface area contributed by atoms with Crippen molar-refractivity contribution in [3.63, 3.8) is 0 Å². The van der Waals surface area contributed by atoms with Gasteiger partial charge in [0.1, 0.15) is 5.69 Å². The number of rotatable bonds is 3. The average molecular weight is 264 g/mol. The fourth-order valence-electron chi connectivity index (χ4n) is 1.82. The molecule has 2 heterocycles. The van der Waals surface area contributed by atoms with Gasteiger partial charge in [-0.3, -0.25) is 9.78 Å². The van der Waals surface area contributed by atoms with E-state index in [9.17, 15) is 4.79 Å². The lowest BCUT2D eigenvalue weighted by Crippen LogP contribution is -2.10. The number of furan rings is 1. The van der Waals surface area contributed by atoms with Gasteiger partial charge < -0.3 is 9.73 Å². The van der Waals surface area contributed by atoms with Gasteiger partial charge in [-0.25, -0.2) is 0 Å². The Bertz CT molecular complexity index is 706. The van der Waals surface area contributed by atoms with Crippen LogP contribution in [0.2, 0.25) is 0 Å². The molecule has 0 radical (unpaired) electrons. The lowest BCUT2D eigenvalue weighted by Gasteiger charge is -2.02. The van der Waals surface area contributed by atoms with E-state index in [0.29, 0.717) is 11.5 Å². The van der Waals surface area contributed by atoms with E-state index in [4.69, 9.17) is 4.42 Å². The Morgan fingerprint density at radius 2 is 1.75 bits per heavy atom. The molecule has 0 saturated heterocycles. The van der Waals surface area contributed by atoms with Crippen LogP contribution in [0.4, 0.5) is 5.69 Å². The predicted molar refractivity (Wildman–Crippen MR) is 76.3 cm³/mol. The minimum atomic E-state index is -0.279. The molecule has 1 aromatic carbocycles. The van der Waals surface area contributed by atoms with Crippen molar-refractivity contribution < 1.29 is 9.21 Å². The molecule has 3 aromatic rings. The number of amides is 1. The highest BCUT2D eigenvalue weighted by atomic mass is 16.4. The molecule has 0 bridgehead atoms. The van der Waals surface area contributed by atoms with Gasteiger partial charge in [-0.05, 0) is 36.4 Å². The Hall–Kier alpha value is -2.88. The first kappa shape index (κ1) is 12.2. The number of hydrogen-bond acceptors (Lipinski definition) is 3. The van der Waals surface area contributed by atoms with Crippen LogP contribution in [0.3, 0.4) is 0 Å². The fourth-order valence-corrected chi connectivity index (χ4v) is 1.82. The lowest BCUT2D eigenvalue weighted by molar-refractivity contribution is 0.0997. The molecular formula is C16H12N2O2. The topological polar surface area (TPSA) is 55.1 Å². The summed E-state index contributed by atoms with van der Waals surface area (Å²) >= 11 is 0. The Morgan fingerprint density at radius 1 is 0.950 bits per heavy atom. The van der Waals surface area contributed by atoms with Gasteiger partial charge in [-0.15, -0.1) is 0 Å². The molecule has 0 aliphatic rings. The largest absolute Gasteiger partial charge is 0.449 e. The number of carbonyl (C=O) groups excluding carboxylic acids is 1. The Kier molecular flexibility index (Phi) is 3.29. The molecule has 20 heavy (non-hydrogen) atoms. The maximum absolute atomic E-state index is 12.0. The number of hydrogen-bond donors (Lipinski definition) is 1. The number of nitrogens with one attached hydrogen (secondary N) is 1. The second-order valence-corrected chi connectivity index (χ2v) is 4.20. The van der Waals surface area contributed by atoms with Crippen LogP contribution in [0, 0.1) is 0 Å². The molecule has 98 valence electrons. The Morgan fingerprint density at radius 3 is 2.50 bits per heavy atom. The van der Waals surface area contributed by atoms with Crippen molar-refractivity contribution in [2.45, 2.75) is 0 Å². The SMILES string of the molecule is O=C(Nc1ccccc1)c1ccc(-c2ccccn2)o1. The molecular weight excluding hydrogens is 252 g/mol. The van der Waals surface area contributed by atoms with Crippen LogP contribution in [0.25, 0.3) is 11.5 Å². The molecule has 0 saturated carbocycles. The van der Waals surface area contributed by atoms with Gasteiger partial charge in [-0.1, -0.05) is 24.3 Å². The summed E-state index contributed by atoms with van der Waals surface area (Å²) in [5, 5.41) is 2.77. The van der Waals surface area contributed by atoms with Crippen LogP contribution in [0.5, 0.6) is 0 Å². The number of nitrogens with zero attached hydrogens (tertiary/aromatic N) is 1. The zero-order valence-electron chi connectivity index (χ0n) is 10.6. The first-order chi connectivity index (χ1) is 9.83. The Balaban J connectivity index is 1.79. The van der Waals surface area contributed by atoms with E-state index in [1.165, 1.54) is 0 Å². The van der Waals surface area contributed by atoms with Gasteiger partial charge >= 0.3 is 0 Å². The Labute approximate surface area is 116 Å². The average Bonchev–Trinajstić information content (AvgIpc) is 2.99. The first-order valence-electron chi connectivity index (χ1n) is 6.20. The van der Waals surface area contributed by atoms with E-state index >= 15 is 0 Å². The van der Waals surface area contributed by atoms with Crippen molar-refractivity contribution in [2.24, 2.45) is 0 Å². The minimum Gasteiger partial charge on any atom is -0.449 e. The van der Waals surface area contributed by atoms with E-state index in [1.54, 1.807) is 18.3 Å². The molecule has 2 aromatic heterocycles. The molecule has 3 rings (SSSR count). The number of carbonyl (C=O) groups is 1. The number of anilines is 1. The maximum atomic E-state index is 12.0. The summed E-state index contributed by atoms with van der Waals surface area (Å²) in [4.78, 5) is 16.2. The number of para-hydroxylation sites is 1. The normalized spacial score (nSPS) is 10.2. The standard InChI is InChI=1S/C16H12N2O2/c19-16(18-12-6-2-1-3-7-12)15-10-9-14(20-15)13-8-4-5-11-17-13/h1-11H,(H,18,19). The molecule has 0 fully saturated rings. The monoisotopic (exact) mass is 264 g/mol. The third-order valence-electron chi connectivity index (χ3n) is 2.78. The molecule has 0 aliphatic carbocycles. The molecule has 0 unspecified atom stereocenters. The van der Waals surface area contributed by atoms with Crippen molar-refractivity contribution in [1.82, 2.24) is 4.98 Å². The fraction of sp³-hybridized carbons (Fsp3) is 0. The summed E-state index contributed by atoms with van der Waals surface area (Å²) in [5.41, 5.74) is 1.43. The van der Waals surface area contributed by atoms with E-state index in [0.717, 1.165) is 5.69 Å². The van der Waals surface area contributed by atoms with Crippen LogP contribution in [0.15, 0.2) is 71.3 Å². The minimum absolute atomic E-state index is 0.259. The van der Waals surface area contributed by atoms with E-state index in [2.05, 4.69) is 10.3 Å². The lowest BCUT2D eigenvalue weighted by atomic mass is 10.3. The third kappa shape index (κ3) is 2.59. The zero-order chi connectivity index (χ0) is 13.8. The molecule has 1 amide bonds. The van der Waals surface area contributed by atoms with Gasteiger partial charge in [0.2, 0.25) is 0 Å². The van der Waals surface area contributed by atoms with E-state index in [1.807, 2.05) is 48.5 Å². The van der Waals surface area contributed by atoms with Crippen LogP contribution in [0.1, 0.15) is 10.6 Å². The summed E-state index contributed by atoms with van der Waals surface area (Å²) < 4.78 is 5.53. The van der Waals surface area contributed by atoms with Crippen molar-refractivity contribution in [3.05, 3.63) is 72.6 Å². The van der Waals surface area contributed by atoms with Crippen LogP contribution in [-0.2, 0) is 0 Å². The molecule has 4 nitrogen and oxygen atoms in total. The van der Waals surface area contributed by atoms with Crippen LogP contribution < -0.4 is 5.32 Å². The van der Waals surface area contributed by atoms with Gasteiger partial charge in [-0.2, -0.15) is 0 Å².